The summed E-state index contributed by atoms with van der Waals surface area (Å²) >= 11 is 1.56. The molecule has 1 aliphatic rings. The Bertz CT molecular complexity index is 2730. The van der Waals surface area contributed by atoms with Gasteiger partial charge in [-0.2, -0.15) is 5.10 Å². The summed E-state index contributed by atoms with van der Waals surface area (Å²) in [6.07, 6.45) is 0.568. The minimum atomic E-state index is -0.997. The summed E-state index contributed by atoms with van der Waals surface area (Å²) in [7, 11) is 1.52. The molecule has 0 unspecified atom stereocenters. The second-order valence-corrected chi connectivity index (χ2v) is 17.4. The first-order chi connectivity index (χ1) is 31.6. The van der Waals surface area contributed by atoms with Gasteiger partial charge in [0.2, 0.25) is 23.6 Å². The summed E-state index contributed by atoms with van der Waals surface area (Å²) in [4.78, 5) is 80.0. The van der Waals surface area contributed by atoms with Gasteiger partial charge in [-0.25, -0.2) is 24.4 Å². The van der Waals surface area contributed by atoms with E-state index < -0.39 is 47.3 Å². The van der Waals surface area contributed by atoms with Crippen LogP contribution >= 0.6 is 11.3 Å². The number of likely N-dealkylation sites (tertiary alicyclic amines) is 1. The number of aliphatic hydroxyl groups is 1. The number of aryl methyl sites for hydroxylation is 2. The molecule has 4 aromatic heterocycles. The average molecular weight is 923 g/mol. The molecule has 5 heterocycles. The molecule has 0 spiro atoms. The zero-order valence-electron chi connectivity index (χ0n) is 37.0. The number of β-amino-alcohol motifs (C(OH)–C–C–N with tert-alkyl or cyclic N) is 1. The molecule has 3 amide bonds. The van der Waals surface area contributed by atoms with E-state index in [4.69, 9.17) is 23.4 Å². The molecule has 2 aromatic carbocycles. The molecule has 19 nitrogen and oxygen atoms in total. The molecule has 20 heteroatoms. The third kappa shape index (κ3) is 11.9. The number of aliphatic hydroxyl groups excluding tert-OH is 1. The van der Waals surface area contributed by atoms with Gasteiger partial charge in [0, 0.05) is 38.7 Å². The van der Waals surface area contributed by atoms with Crippen LogP contribution in [-0.2, 0) is 37.4 Å². The van der Waals surface area contributed by atoms with Crippen molar-refractivity contribution < 1.29 is 47.6 Å². The maximum absolute atomic E-state index is 13.9. The Labute approximate surface area is 383 Å². The predicted octanol–water partition coefficient (Wildman–Crippen LogP) is 3.86. The topological polar surface area (TPSA) is 239 Å². The monoisotopic (exact) mass is 922 g/mol. The van der Waals surface area contributed by atoms with Gasteiger partial charge in [0.15, 0.2) is 5.58 Å². The number of rotatable bonds is 18. The smallest absolute Gasteiger partial charge is 0.362 e. The first-order valence-corrected chi connectivity index (χ1v) is 22.0. The van der Waals surface area contributed by atoms with Crippen LogP contribution in [0, 0.1) is 12.3 Å². The number of nitrogens with one attached hydrogen (secondary N) is 2. The van der Waals surface area contributed by atoms with Crippen LogP contribution in [0.2, 0.25) is 0 Å². The van der Waals surface area contributed by atoms with E-state index in [1.165, 1.54) is 41.0 Å². The Morgan fingerprint density at radius 3 is 2.42 bits per heavy atom. The van der Waals surface area contributed by atoms with E-state index >= 15 is 0 Å². The number of carbonyl (C=O) groups excluding carboxylic acids is 4. The Hall–Kier alpha value is -6.87. The number of hydrogen-bond donors (Lipinski definition) is 3. The van der Waals surface area contributed by atoms with Crippen LogP contribution in [-0.4, -0.2) is 116 Å². The number of aromatic nitrogens is 5. The minimum absolute atomic E-state index is 0.0388. The molecular formula is C46H50N8O11S. The average Bonchev–Trinajstić information content (AvgIpc) is 4.04. The van der Waals surface area contributed by atoms with Crippen molar-refractivity contribution in [2.45, 2.75) is 58.8 Å². The van der Waals surface area contributed by atoms with Crippen LogP contribution in [0.15, 0.2) is 87.6 Å². The van der Waals surface area contributed by atoms with Gasteiger partial charge < -0.3 is 44.0 Å². The van der Waals surface area contributed by atoms with Gasteiger partial charge >= 0.3 is 5.97 Å². The molecule has 0 saturated carbocycles. The highest BCUT2D eigenvalue weighted by molar-refractivity contribution is 7.13. The Kier molecular flexibility index (Phi) is 15.0. The van der Waals surface area contributed by atoms with Crippen molar-refractivity contribution in [1.82, 2.24) is 40.3 Å². The van der Waals surface area contributed by atoms with Crippen molar-refractivity contribution >= 4 is 46.1 Å². The fraction of sp³-hybridized carbons (Fsp3) is 0.370. The Morgan fingerprint density at radius 1 is 0.955 bits per heavy atom. The summed E-state index contributed by atoms with van der Waals surface area (Å²) in [6.45, 7) is 7.85. The Balaban J connectivity index is 0.794. The summed E-state index contributed by atoms with van der Waals surface area (Å²) in [6, 6.07) is 16.5. The number of amides is 3. The predicted molar refractivity (Wildman–Crippen MR) is 240 cm³/mol. The van der Waals surface area contributed by atoms with Crippen LogP contribution in [0.3, 0.4) is 0 Å². The van der Waals surface area contributed by atoms with Crippen molar-refractivity contribution in [2.75, 3.05) is 39.6 Å². The molecule has 3 N–H and O–H groups in total. The summed E-state index contributed by atoms with van der Waals surface area (Å²) in [5.74, 6) is -1.25. The highest BCUT2D eigenvalue weighted by Crippen LogP contribution is 2.29. The highest BCUT2D eigenvalue weighted by Gasteiger charge is 2.44. The van der Waals surface area contributed by atoms with E-state index in [0.717, 1.165) is 21.7 Å². The lowest BCUT2D eigenvalue weighted by molar-refractivity contribution is -0.144. The molecule has 0 bridgehead atoms. The lowest BCUT2D eigenvalue weighted by Crippen LogP contribution is -2.58. The molecule has 7 rings (SSSR count). The second-order valence-electron chi connectivity index (χ2n) is 16.6. The minimum Gasteiger partial charge on any atom is -0.490 e. The first kappa shape index (κ1) is 47.1. The standard InChI is InChI=1S/C46H50N8O11S/c1-27-40(66-26-49-27)29-8-6-28(7-9-29)22-48-42(58)36-20-30(55)24-54(36)44(59)41(46(2,3)4)51-38(56)25-62-17-16-61-18-19-63-32-10-12-34(47-23-32)45(60)64-31-11-14-37-35(21-31)50-43(65-37)33-13-15-39(57)53(5)52-33/h6-15,21,23,26,30,36,41,55H,16-20,22,24-25H2,1-5H3,(H,48,58)(H,51,56)/t30-,36+,41-/m0/s1. The van der Waals surface area contributed by atoms with E-state index in [-0.39, 0.29) is 75.4 Å². The molecule has 6 aromatic rings. The number of esters is 1. The van der Waals surface area contributed by atoms with Crippen molar-refractivity contribution in [3.05, 3.63) is 106 Å². The Morgan fingerprint density at radius 2 is 1.71 bits per heavy atom. The summed E-state index contributed by atoms with van der Waals surface area (Å²) < 4.78 is 29.1. The third-order valence-electron chi connectivity index (χ3n) is 10.5. The number of nitrogens with zero attached hydrogens (tertiary/aromatic N) is 6. The van der Waals surface area contributed by atoms with Gasteiger partial charge in [-0.1, -0.05) is 45.0 Å². The summed E-state index contributed by atoms with van der Waals surface area (Å²) in [5, 5.41) is 20.4. The lowest BCUT2D eigenvalue weighted by atomic mass is 9.85. The van der Waals surface area contributed by atoms with Crippen molar-refractivity contribution in [3.8, 4) is 33.5 Å². The maximum atomic E-state index is 13.9. The van der Waals surface area contributed by atoms with E-state index in [1.807, 2.05) is 31.2 Å². The number of benzene rings is 2. The van der Waals surface area contributed by atoms with Gasteiger partial charge in [-0.3, -0.25) is 19.2 Å². The maximum Gasteiger partial charge on any atom is 0.362 e. The van der Waals surface area contributed by atoms with Crippen molar-refractivity contribution in [1.29, 1.82) is 0 Å². The normalized spacial score (nSPS) is 15.4. The number of fused-ring (bicyclic) bond motifs is 1. The summed E-state index contributed by atoms with van der Waals surface area (Å²) in [5.41, 5.74) is 4.96. The van der Waals surface area contributed by atoms with Crippen LogP contribution < -0.4 is 25.7 Å². The van der Waals surface area contributed by atoms with Crippen molar-refractivity contribution in [2.24, 2.45) is 12.5 Å². The molecule has 0 radical (unpaired) electrons. The van der Waals surface area contributed by atoms with E-state index in [2.05, 4.69) is 30.7 Å². The fourth-order valence-corrected chi connectivity index (χ4v) is 7.84. The molecule has 0 aliphatic carbocycles. The molecule has 1 fully saturated rings. The van der Waals surface area contributed by atoms with Crippen LogP contribution in [0.1, 0.15) is 48.9 Å². The van der Waals surface area contributed by atoms with Crippen molar-refractivity contribution in [3.63, 3.8) is 0 Å². The SMILES string of the molecule is Cc1ncsc1-c1ccc(CNC(=O)[C@H]2C[C@H](O)CN2C(=O)[C@H](NC(=O)COCCOCCOc2ccc(C(=O)Oc3ccc4oc(-c5ccc(=O)n(C)n5)nc4c3)nc2)C(C)(C)C)cc1. The molecule has 1 saturated heterocycles. The number of ether oxygens (including phenoxy) is 4. The van der Waals surface area contributed by atoms with Gasteiger partial charge in [-0.05, 0) is 53.8 Å². The van der Waals surface area contributed by atoms with Gasteiger partial charge in [-0.15, -0.1) is 11.3 Å². The third-order valence-corrected chi connectivity index (χ3v) is 11.5. The zero-order chi connectivity index (χ0) is 47.0. The number of oxazole rings is 1. The molecule has 1 aliphatic heterocycles. The first-order valence-electron chi connectivity index (χ1n) is 21.1. The molecule has 66 heavy (non-hydrogen) atoms. The second kappa shape index (κ2) is 21.0. The van der Waals surface area contributed by atoms with Gasteiger partial charge in [0.1, 0.15) is 53.7 Å². The van der Waals surface area contributed by atoms with E-state index in [0.29, 0.717) is 22.5 Å². The number of carbonyl (C=O) groups is 4. The van der Waals surface area contributed by atoms with E-state index in [1.54, 1.807) is 61.9 Å². The molecular weight excluding hydrogens is 873 g/mol. The zero-order valence-corrected chi connectivity index (χ0v) is 37.8. The quantitative estimate of drug-likeness (QED) is 0.0630. The number of hydrogen-bond acceptors (Lipinski definition) is 16. The van der Waals surface area contributed by atoms with Crippen LogP contribution in [0.5, 0.6) is 11.5 Å². The molecule has 346 valence electrons. The number of pyridine rings is 1. The van der Waals surface area contributed by atoms with Crippen LogP contribution in [0.4, 0.5) is 0 Å². The highest BCUT2D eigenvalue weighted by atomic mass is 32.1. The van der Waals surface area contributed by atoms with E-state index in [9.17, 15) is 29.1 Å². The van der Waals surface area contributed by atoms with Crippen LogP contribution in [0.25, 0.3) is 33.1 Å². The van der Waals surface area contributed by atoms with Gasteiger partial charge in [0.05, 0.1) is 48.2 Å². The largest absolute Gasteiger partial charge is 0.490 e. The molecule has 3 atom stereocenters. The van der Waals surface area contributed by atoms with Gasteiger partial charge in [0.25, 0.3) is 5.56 Å². The fourth-order valence-electron chi connectivity index (χ4n) is 7.03. The lowest BCUT2D eigenvalue weighted by Gasteiger charge is -2.35. The number of thiazole rings is 1.